The monoisotopic (exact) mass is 533 g/mol. The van der Waals surface area contributed by atoms with Crippen LogP contribution in [0.3, 0.4) is 0 Å². The topological polar surface area (TPSA) is 69.9 Å². The number of carbonyl (C=O) groups is 1. The lowest BCUT2D eigenvalue weighted by Gasteiger charge is -2.11. The maximum absolute atomic E-state index is 11.4. The largest absolute Gasteiger partial charge is 0.493 e. The number of ether oxygens (including phenoxy) is 3. The maximum atomic E-state index is 11.4. The van der Waals surface area contributed by atoms with Crippen molar-refractivity contribution >= 4 is 28.5 Å². The molecule has 1 heterocycles. The number of allylic oxidation sites excluding steroid dienone is 2. The van der Waals surface area contributed by atoms with Crippen molar-refractivity contribution < 1.29 is 24.1 Å². The number of aromatic nitrogens is 1. The number of halogens is 1. The first-order valence-electron chi connectivity index (χ1n) is 12.6. The van der Waals surface area contributed by atoms with Crippen molar-refractivity contribution in [1.29, 1.82) is 0 Å². The highest BCUT2D eigenvalue weighted by atomic mass is 35.5. The lowest BCUT2D eigenvalue weighted by Crippen LogP contribution is -2.05. The standard InChI is InChI=1S/C31H32ClNO5/c1-22(2)13-14-33-20-24(17-31(34)35)29-19-28(11-12-30(29)33)37-16-4-15-36-26-5-3-6-27(18-26)38-21-23-7-9-25(32)10-8-23/h3,5-13,18-20H,4,14-17,21H2,1-2H3,(H,34,35). The maximum Gasteiger partial charge on any atom is 0.307 e. The van der Waals surface area contributed by atoms with Crippen molar-refractivity contribution in [2.24, 2.45) is 0 Å². The highest BCUT2D eigenvalue weighted by Gasteiger charge is 2.12. The molecule has 4 aromatic rings. The van der Waals surface area contributed by atoms with Crippen LogP contribution in [-0.2, 0) is 24.4 Å². The first-order valence-corrected chi connectivity index (χ1v) is 12.9. The molecule has 6 nitrogen and oxygen atoms in total. The number of hydrogen-bond acceptors (Lipinski definition) is 4. The van der Waals surface area contributed by atoms with Gasteiger partial charge >= 0.3 is 5.97 Å². The summed E-state index contributed by atoms with van der Waals surface area (Å²) in [4.78, 5) is 11.4. The molecule has 0 bridgehead atoms. The molecule has 38 heavy (non-hydrogen) atoms. The molecule has 1 aromatic heterocycles. The first-order chi connectivity index (χ1) is 18.4. The molecule has 1 N–H and O–H groups in total. The van der Waals surface area contributed by atoms with Crippen LogP contribution >= 0.6 is 11.6 Å². The van der Waals surface area contributed by atoms with Crippen molar-refractivity contribution in [3.05, 3.63) is 101 Å². The summed E-state index contributed by atoms with van der Waals surface area (Å²) in [5, 5.41) is 10.9. The third-order valence-electron chi connectivity index (χ3n) is 5.92. The van der Waals surface area contributed by atoms with Gasteiger partial charge in [0.25, 0.3) is 0 Å². The van der Waals surface area contributed by atoms with Gasteiger partial charge in [-0.25, -0.2) is 0 Å². The molecule has 0 radical (unpaired) electrons. The van der Waals surface area contributed by atoms with E-state index < -0.39 is 5.97 Å². The van der Waals surface area contributed by atoms with Gasteiger partial charge in [-0.15, -0.1) is 0 Å². The molecular weight excluding hydrogens is 502 g/mol. The summed E-state index contributed by atoms with van der Waals surface area (Å²) in [5.41, 5.74) is 4.02. The summed E-state index contributed by atoms with van der Waals surface area (Å²) in [6.45, 7) is 6.21. The Labute approximate surface area is 228 Å². The van der Waals surface area contributed by atoms with E-state index in [4.69, 9.17) is 25.8 Å². The summed E-state index contributed by atoms with van der Waals surface area (Å²) in [5.74, 6) is 1.32. The van der Waals surface area contributed by atoms with E-state index in [0.29, 0.717) is 43.6 Å². The van der Waals surface area contributed by atoms with Crippen LogP contribution in [0.2, 0.25) is 5.02 Å². The van der Waals surface area contributed by atoms with Gasteiger partial charge in [0, 0.05) is 41.2 Å². The third kappa shape index (κ3) is 7.80. The summed E-state index contributed by atoms with van der Waals surface area (Å²) < 4.78 is 19.8. The molecule has 0 aliphatic carbocycles. The second-order valence-corrected chi connectivity index (χ2v) is 9.71. The zero-order chi connectivity index (χ0) is 26.9. The molecule has 0 saturated carbocycles. The van der Waals surface area contributed by atoms with Crippen LogP contribution in [0.15, 0.2) is 84.6 Å². The highest BCUT2D eigenvalue weighted by Crippen LogP contribution is 2.27. The van der Waals surface area contributed by atoms with Crippen LogP contribution in [0.1, 0.15) is 31.4 Å². The van der Waals surface area contributed by atoms with Gasteiger partial charge in [-0.3, -0.25) is 4.79 Å². The first kappa shape index (κ1) is 27.1. The van der Waals surface area contributed by atoms with Gasteiger partial charge < -0.3 is 23.9 Å². The zero-order valence-electron chi connectivity index (χ0n) is 21.7. The lowest BCUT2D eigenvalue weighted by atomic mass is 10.1. The Balaban J connectivity index is 1.29. The third-order valence-corrected chi connectivity index (χ3v) is 6.18. The van der Waals surface area contributed by atoms with Crippen LogP contribution < -0.4 is 14.2 Å². The van der Waals surface area contributed by atoms with Crippen LogP contribution in [-0.4, -0.2) is 28.9 Å². The molecular formula is C31H32ClNO5. The fraction of sp³-hybridized carbons (Fsp3) is 0.258. The number of aliphatic carboxylic acids is 1. The molecule has 0 saturated heterocycles. The minimum Gasteiger partial charge on any atom is -0.493 e. The van der Waals surface area contributed by atoms with E-state index in [9.17, 15) is 9.90 Å². The van der Waals surface area contributed by atoms with Crippen LogP contribution in [0, 0.1) is 0 Å². The lowest BCUT2D eigenvalue weighted by molar-refractivity contribution is -0.136. The number of benzene rings is 3. The van der Waals surface area contributed by atoms with Crippen molar-refractivity contribution in [3.8, 4) is 17.2 Å². The molecule has 0 aliphatic heterocycles. The van der Waals surface area contributed by atoms with E-state index in [0.717, 1.165) is 33.5 Å². The second-order valence-electron chi connectivity index (χ2n) is 9.28. The Morgan fingerprint density at radius 2 is 1.61 bits per heavy atom. The van der Waals surface area contributed by atoms with Gasteiger partial charge in [0.1, 0.15) is 23.9 Å². The molecule has 0 unspecified atom stereocenters. The van der Waals surface area contributed by atoms with E-state index in [1.807, 2.05) is 86.8 Å². The Morgan fingerprint density at radius 1 is 0.921 bits per heavy atom. The van der Waals surface area contributed by atoms with Crippen molar-refractivity contribution in [1.82, 2.24) is 4.57 Å². The zero-order valence-corrected chi connectivity index (χ0v) is 22.4. The Hall–Kier alpha value is -3.90. The minimum absolute atomic E-state index is 0.0297. The predicted octanol–water partition coefficient (Wildman–Crippen LogP) is 7.31. The van der Waals surface area contributed by atoms with Crippen molar-refractivity contribution in [2.75, 3.05) is 13.2 Å². The van der Waals surface area contributed by atoms with Crippen LogP contribution in [0.5, 0.6) is 17.2 Å². The summed E-state index contributed by atoms with van der Waals surface area (Å²) in [6.07, 6.45) is 4.70. The molecule has 4 rings (SSSR count). The molecule has 198 valence electrons. The van der Waals surface area contributed by atoms with Crippen molar-refractivity contribution in [3.63, 3.8) is 0 Å². The molecule has 3 aromatic carbocycles. The van der Waals surface area contributed by atoms with Gasteiger partial charge in [-0.2, -0.15) is 0 Å². The van der Waals surface area contributed by atoms with Crippen LogP contribution in [0.4, 0.5) is 0 Å². The van der Waals surface area contributed by atoms with Gasteiger partial charge in [0.15, 0.2) is 0 Å². The number of rotatable bonds is 13. The normalized spacial score (nSPS) is 10.8. The SMILES string of the molecule is CC(C)=CCn1cc(CC(=O)O)c2cc(OCCCOc3cccc(OCc4ccc(Cl)cc4)c3)ccc21. The molecule has 7 heteroatoms. The molecule has 0 aliphatic rings. The van der Waals surface area contributed by atoms with Crippen LogP contribution in [0.25, 0.3) is 10.9 Å². The Bertz CT molecular complexity index is 1400. The number of carboxylic acids is 1. The smallest absolute Gasteiger partial charge is 0.307 e. The quantitative estimate of drug-likeness (QED) is 0.144. The molecule has 0 atom stereocenters. The van der Waals surface area contributed by atoms with E-state index in [-0.39, 0.29) is 6.42 Å². The predicted molar refractivity (Wildman–Crippen MR) is 151 cm³/mol. The summed E-state index contributed by atoms with van der Waals surface area (Å²) in [6, 6.07) is 21.0. The molecule has 0 amide bonds. The minimum atomic E-state index is -0.853. The van der Waals surface area contributed by atoms with Gasteiger partial charge in [0.2, 0.25) is 0 Å². The van der Waals surface area contributed by atoms with E-state index in [2.05, 4.69) is 10.6 Å². The Kier molecular flexibility index (Phi) is 9.33. The number of carboxylic acid groups (broad SMARTS) is 1. The molecule has 0 fully saturated rings. The van der Waals surface area contributed by atoms with Crippen molar-refractivity contribution in [2.45, 2.75) is 39.8 Å². The fourth-order valence-corrected chi connectivity index (χ4v) is 4.14. The second kappa shape index (κ2) is 13.1. The number of hydrogen-bond donors (Lipinski definition) is 1. The Morgan fingerprint density at radius 3 is 2.29 bits per heavy atom. The average molecular weight is 534 g/mol. The van der Waals surface area contributed by atoms with Gasteiger partial charge in [-0.1, -0.05) is 41.4 Å². The number of nitrogens with zero attached hydrogens (tertiary/aromatic N) is 1. The molecule has 0 spiro atoms. The summed E-state index contributed by atoms with van der Waals surface area (Å²) in [7, 11) is 0. The average Bonchev–Trinajstić information content (AvgIpc) is 3.23. The van der Waals surface area contributed by atoms with E-state index in [1.54, 1.807) is 0 Å². The highest BCUT2D eigenvalue weighted by molar-refractivity contribution is 6.30. The summed E-state index contributed by atoms with van der Waals surface area (Å²) >= 11 is 5.93. The van der Waals surface area contributed by atoms with Gasteiger partial charge in [0.05, 0.1) is 19.6 Å². The van der Waals surface area contributed by atoms with Gasteiger partial charge in [-0.05, 0) is 67.4 Å². The van der Waals surface area contributed by atoms with E-state index >= 15 is 0 Å². The number of fused-ring (bicyclic) bond motifs is 1. The fourth-order valence-electron chi connectivity index (χ4n) is 4.02. The van der Waals surface area contributed by atoms with E-state index in [1.165, 1.54) is 5.57 Å².